The van der Waals surface area contributed by atoms with Crippen LogP contribution >= 0.6 is 11.8 Å². The molecule has 3 aliphatic rings. The standard InChI is InChI=1S/C33H32N2O6S2/c1-4-42-32-21-31(30(37)40-3)19-29(36)34(33(31,41-32)27-11-7-6-10-26(27)32)18-17-23-20-35(28-12-8-5-9-25(23)28)43(38,39)24-15-13-22(2)14-16-24/h5-16,20H,4,17-19,21H2,1-3H3/t31?,32-,33+/m1/s1. The number of likely N-dealkylation sites (tertiary alicyclic amines) is 1. The zero-order valence-corrected chi connectivity index (χ0v) is 25.8. The molecule has 0 saturated carbocycles. The van der Waals surface area contributed by atoms with Crippen LogP contribution in [0.1, 0.15) is 42.0 Å². The first-order valence-corrected chi connectivity index (χ1v) is 16.8. The lowest BCUT2D eigenvalue weighted by Gasteiger charge is -2.41. The number of hydrogen-bond acceptors (Lipinski definition) is 7. The lowest BCUT2D eigenvalue weighted by Crippen LogP contribution is -2.53. The molecule has 3 aliphatic heterocycles. The monoisotopic (exact) mass is 616 g/mol. The second kappa shape index (κ2) is 9.70. The van der Waals surface area contributed by atoms with Gasteiger partial charge in [0.25, 0.3) is 10.0 Å². The zero-order chi connectivity index (χ0) is 30.2. The molecule has 0 radical (unpaired) electrons. The number of ether oxygens (including phenoxy) is 2. The molecule has 4 aromatic rings. The molecule has 7 rings (SSSR count). The van der Waals surface area contributed by atoms with Gasteiger partial charge in [-0.3, -0.25) is 9.59 Å². The molecule has 2 bridgehead atoms. The van der Waals surface area contributed by atoms with Gasteiger partial charge in [0, 0.05) is 42.1 Å². The Hall–Kier alpha value is -3.60. The highest BCUT2D eigenvalue weighted by Gasteiger charge is 2.81. The number of benzene rings is 3. The van der Waals surface area contributed by atoms with E-state index in [4.69, 9.17) is 9.47 Å². The number of carbonyl (C=O) groups excluding carboxylic acids is 2. The fourth-order valence-electron chi connectivity index (χ4n) is 7.46. The minimum absolute atomic E-state index is 0.0103. The van der Waals surface area contributed by atoms with Crippen LogP contribution in [-0.2, 0) is 46.2 Å². The lowest BCUT2D eigenvalue weighted by atomic mass is 9.67. The van der Waals surface area contributed by atoms with Crippen LogP contribution in [0, 0.1) is 12.3 Å². The van der Waals surface area contributed by atoms with Crippen LogP contribution in [0.15, 0.2) is 83.9 Å². The highest BCUT2D eigenvalue weighted by molar-refractivity contribution is 8.00. The van der Waals surface area contributed by atoms with Crippen LogP contribution in [0.3, 0.4) is 0 Å². The third kappa shape index (κ3) is 3.69. The number of carbonyl (C=O) groups is 2. The van der Waals surface area contributed by atoms with E-state index in [-0.39, 0.29) is 23.8 Å². The fraction of sp³-hybridized carbons (Fsp3) is 0.333. The summed E-state index contributed by atoms with van der Waals surface area (Å²) in [6.07, 6.45) is 2.35. The number of fused-ring (bicyclic) bond motifs is 4. The third-order valence-corrected chi connectivity index (χ3v) is 12.1. The van der Waals surface area contributed by atoms with Crippen molar-refractivity contribution in [1.82, 2.24) is 8.87 Å². The summed E-state index contributed by atoms with van der Waals surface area (Å²) in [7, 11) is -2.51. The number of esters is 1. The number of para-hydroxylation sites is 1. The molecular formula is C33H32N2O6S2. The molecule has 0 N–H and O–H groups in total. The first-order valence-electron chi connectivity index (χ1n) is 14.4. The number of nitrogens with zero attached hydrogens (tertiary/aromatic N) is 2. The van der Waals surface area contributed by atoms with E-state index in [2.05, 4.69) is 6.92 Å². The highest BCUT2D eigenvalue weighted by atomic mass is 32.2. The smallest absolute Gasteiger partial charge is 0.317 e. The van der Waals surface area contributed by atoms with Crippen LogP contribution in [0.25, 0.3) is 10.9 Å². The van der Waals surface area contributed by atoms with Crippen molar-refractivity contribution < 1.29 is 27.5 Å². The van der Waals surface area contributed by atoms with E-state index in [0.29, 0.717) is 18.4 Å². The van der Waals surface area contributed by atoms with Crippen molar-refractivity contribution in [2.45, 2.75) is 48.7 Å². The van der Waals surface area contributed by atoms with Crippen molar-refractivity contribution in [3.8, 4) is 0 Å². The molecule has 3 atom stereocenters. The Kier molecular flexibility index (Phi) is 6.36. The summed E-state index contributed by atoms with van der Waals surface area (Å²) in [4.78, 5) is 28.6. The third-order valence-electron chi connectivity index (χ3n) is 9.23. The van der Waals surface area contributed by atoms with E-state index in [0.717, 1.165) is 33.4 Å². The largest absolute Gasteiger partial charge is 0.468 e. The van der Waals surface area contributed by atoms with Crippen LogP contribution in [-0.4, -0.2) is 48.6 Å². The molecule has 1 aromatic heterocycles. The summed E-state index contributed by atoms with van der Waals surface area (Å²) in [5.74, 6) is 0.135. The maximum atomic E-state index is 13.9. The average molecular weight is 617 g/mol. The van der Waals surface area contributed by atoms with Crippen molar-refractivity contribution in [2.75, 3.05) is 19.4 Å². The molecule has 2 saturated heterocycles. The molecule has 8 nitrogen and oxygen atoms in total. The Morgan fingerprint density at radius 2 is 1.72 bits per heavy atom. The predicted octanol–water partition coefficient (Wildman–Crippen LogP) is 5.31. The van der Waals surface area contributed by atoms with Crippen molar-refractivity contribution in [2.24, 2.45) is 5.41 Å². The Morgan fingerprint density at radius 3 is 2.44 bits per heavy atom. The summed E-state index contributed by atoms with van der Waals surface area (Å²) < 4.78 is 41.1. The van der Waals surface area contributed by atoms with Crippen LogP contribution in [0.4, 0.5) is 0 Å². The molecule has 1 spiro atoms. The summed E-state index contributed by atoms with van der Waals surface area (Å²) in [6, 6.07) is 22.0. The first-order chi connectivity index (χ1) is 20.6. The van der Waals surface area contributed by atoms with Crippen LogP contribution in [0.5, 0.6) is 0 Å². The highest BCUT2D eigenvalue weighted by Crippen LogP contribution is 2.74. The van der Waals surface area contributed by atoms with Gasteiger partial charge in [0.15, 0.2) is 5.72 Å². The van der Waals surface area contributed by atoms with Crippen molar-refractivity contribution in [1.29, 1.82) is 0 Å². The number of aryl methyl sites for hydroxylation is 1. The van der Waals surface area contributed by atoms with E-state index in [1.54, 1.807) is 53.2 Å². The predicted molar refractivity (Wildman–Crippen MR) is 164 cm³/mol. The van der Waals surface area contributed by atoms with Crippen LogP contribution < -0.4 is 0 Å². The van der Waals surface area contributed by atoms with E-state index >= 15 is 0 Å². The maximum absolute atomic E-state index is 13.9. The Labute approximate surface area is 255 Å². The molecule has 1 amide bonds. The molecule has 1 unspecified atom stereocenters. The van der Waals surface area contributed by atoms with E-state index in [1.165, 1.54) is 11.1 Å². The van der Waals surface area contributed by atoms with E-state index in [1.807, 2.05) is 49.4 Å². The van der Waals surface area contributed by atoms with Gasteiger partial charge in [0.05, 0.1) is 17.5 Å². The number of thioether (sulfide) groups is 1. The van der Waals surface area contributed by atoms with Gasteiger partial charge in [-0.05, 0) is 42.9 Å². The SMILES string of the molecule is CCS[C@@]12CC3(C(=O)OC)CC(=O)N(CCc4cn(S(=O)(=O)c5ccc(C)cc5)c5ccccc45)[C@]3(O1)c1ccccc12. The number of hydrogen-bond donors (Lipinski definition) is 0. The molecule has 222 valence electrons. The molecule has 2 fully saturated rings. The molecule has 4 heterocycles. The fourth-order valence-corrected chi connectivity index (χ4v) is 10.2. The minimum Gasteiger partial charge on any atom is -0.468 e. The zero-order valence-electron chi connectivity index (χ0n) is 24.2. The maximum Gasteiger partial charge on any atom is 0.317 e. The number of methoxy groups -OCH3 is 1. The van der Waals surface area contributed by atoms with Crippen molar-refractivity contribution in [3.63, 3.8) is 0 Å². The number of aromatic nitrogens is 1. The Bertz CT molecular complexity index is 1900. The van der Waals surface area contributed by atoms with Gasteiger partial charge in [-0.2, -0.15) is 0 Å². The second-order valence-corrected chi connectivity index (χ2v) is 14.8. The summed E-state index contributed by atoms with van der Waals surface area (Å²) >= 11 is 1.64. The second-order valence-electron chi connectivity index (χ2n) is 11.5. The van der Waals surface area contributed by atoms with Gasteiger partial charge < -0.3 is 14.4 Å². The normalized spacial score (nSPS) is 25.7. The molecule has 10 heteroatoms. The van der Waals surface area contributed by atoms with E-state index < -0.39 is 32.1 Å². The van der Waals surface area contributed by atoms with Crippen molar-refractivity contribution >= 4 is 44.6 Å². The molecule has 3 aromatic carbocycles. The summed E-state index contributed by atoms with van der Waals surface area (Å²) in [5, 5.41) is 0.789. The van der Waals surface area contributed by atoms with Gasteiger partial charge in [0.2, 0.25) is 5.91 Å². The molecular weight excluding hydrogens is 585 g/mol. The van der Waals surface area contributed by atoms with E-state index in [9.17, 15) is 18.0 Å². The molecule has 0 aliphatic carbocycles. The van der Waals surface area contributed by atoms with Crippen LogP contribution in [0.2, 0.25) is 0 Å². The number of rotatable bonds is 8. The molecule has 43 heavy (non-hydrogen) atoms. The average Bonchev–Trinajstić information content (AvgIpc) is 3.68. The van der Waals surface area contributed by atoms with Gasteiger partial charge in [-0.25, -0.2) is 12.4 Å². The first kappa shape index (κ1) is 28.2. The summed E-state index contributed by atoms with van der Waals surface area (Å²) in [6.45, 7) is 4.20. The van der Waals surface area contributed by atoms with Gasteiger partial charge in [-0.1, -0.05) is 67.1 Å². The van der Waals surface area contributed by atoms with Gasteiger partial charge in [-0.15, -0.1) is 11.8 Å². The van der Waals surface area contributed by atoms with Gasteiger partial charge in [0.1, 0.15) is 10.3 Å². The topological polar surface area (TPSA) is 94.9 Å². The van der Waals surface area contributed by atoms with Gasteiger partial charge >= 0.3 is 5.97 Å². The Morgan fingerprint density at radius 1 is 1.02 bits per heavy atom. The lowest BCUT2D eigenvalue weighted by molar-refractivity contribution is -0.188. The Balaban J connectivity index is 1.31. The minimum atomic E-state index is -3.87. The quantitative estimate of drug-likeness (QED) is 0.248. The number of amides is 1. The summed E-state index contributed by atoms with van der Waals surface area (Å²) in [5.41, 5.74) is 1.64. The van der Waals surface area contributed by atoms with Crippen molar-refractivity contribution in [3.05, 3.63) is 101 Å².